The molecule has 0 spiro atoms. The third kappa shape index (κ3) is 2.48. The van der Waals surface area contributed by atoms with E-state index in [1.54, 1.807) is 0 Å². The summed E-state index contributed by atoms with van der Waals surface area (Å²) in [5.74, 6) is 0.228. The minimum absolute atomic E-state index is 0.0135. The first-order chi connectivity index (χ1) is 8.63. The fraction of sp³-hybridized carbons (Fsp3) is 0.500. The maximum Gasteiger partial charge on any atom is 0.239 e. The van der Waals surface area contributed by atoms with Gasteiger partial charge in [-0.2, -0.15) is 0 Å². The molecule has 1 atom stereocenters. The van der Waals surface area contributed by atoms with E-state index < -0.39 is 0 Å². The van der Waals surface area contributed by atoms with Crippen molar-refractivity contribution in [3.8, 4) is 0 Å². The Kier molecular flexibility index (Phi) is 3.87. The molecule has 0 bridgehead atoms. The van der Waals surface area contributed by atoms with Crippen molar-refractivity contribution in [2.75, 3.05) is 25.9 Å². The molecule has 2 N–H and O–H groups in total. The van der Waals surface area contributed by atoms with Gasteiger partial charge in [-0.3, -0.25) is 9.69 Å². The highest BCUT2D eigenvalue weighted by molar-refractivity contribution is 5.83. The van der Waals surface area contributed by atoms with Crippen molar-refractivity contribution in [2.45, 2.75) is 25.9 Å². The summed E-state index contributed by atoms with van der Waals surface area (Å²) in [4.78, 5) is 16.0. The minimum atomic E-state index is 0.0135. The number of likely N-dealkylation sites (tertiary alicyclic amines) is 1. The van der Waals surface area contributed by atoms with E-state index in [2.05, 4.69) is 11.8 Å². The molecule has 4 nitrogen and oxygen atoms in total. The molecule has 98 valence electrons. The zero-order chi connectivity index (χ0) is 13.1. The van der Waals surface area contributed by atoms with E-state index in [0.717, 1.165) is 37.3 Å². The predicted octanol–water partition coefficient (Wildman–Crippen LogP) is 1.32. The zero-order valence-electron chi connectivity index (χ0n) is 11.1. The summed E-state index contributed by atoms with van der Waals surface area (Å²) in [7, 11) is 1.87. The molecule has 1 unspecified atom stereocenters. The van der Waals surface area contributed by atoms with E-state index in [9.17, 15) is 4.79 Å². The largest absolute Gasteiger partial charge is 0.398 e. The van der Waals surface area contributed by atoms with Gasteiger partial charge < -0.3 is 10.6 Å². The van der Waals surface area contributed by atoms with Gasteiger partial charge in [0.05, 0.1) is 6.04 Å². The van der Waals surface area contributed by atoms with Crippen LogP contribution in [0.3, 0.4) is 0 Å². The number of nitrogens with zero attached hydrogens (tertiary/aromatic N) is 2. The van der Waals surface area contributed by atoms with Crippen LogP contribution in [0.4, 0.5) is 5.69 Å². The second-order valence-corrected chi connectivity index (χ2v) is 4.83. The lowest BCUT2D eigenvalue weighted by Crippen LogP contribution is -2.40. The average molecular weight is 247 g/mol. The van der Waals surface area contributed by atoms with Crippen LogP contribution in [-0.4, -0.2) is 41.9 Å². The first-order valence-corrected chi connectivity index (χ1v) is 6.46. The standard InChI is InChI=1S/C14H21N3O/c1-3-17(13-8-9-16(2)14(13)18)10-11-6-4-5-7-12(11)15/h4-7,13H,3,8-10,15H2,1-2H3. The Morgan fingerprint density at radius 1 is 1.44 bits per heavy atom. The van der Waals surface area contributed by atoms with E-state index in [4.69, 9.17) is 5.73 Å². The van der Waals surface area contributed by atoms with Crippen LogP contribution in [0.1, 0.15) is 18.9 Å². The Bertz CT molecular complexity index is 433. The SMILES string of the molecule is CCN(Cc1ccccc1N)C1CCN(C)C1=O. The van der Waals surface area contributed by atoms with Crippen LogP contribution in [0.5, 0.6) is 0 Å². The number of benzene rings is 1. The molecule has 0 saturated carbocycles. The van der Waals surface area contributed by atoms with Crippen LogP contribution in [-0.2, 0) is 11.3 Å². The number of para-hydroxylation sites is 1. The number of carbonyl (C=O) groups is 1. The Morgan fingerprint density at radius 2 is 2.17 bits per heavy atom. The Labute approximate surface area is 108 Å². The van der Waals surface area contributed by atoms with Crippen molar-refractivity contribution in [1.29, 1.82) is 0 Å². The lowest BCUT2D eigenvalue weighted by molar-refractivity contribution is -0.131. The second-order valence-electron chi connectivity index (χ2n) is 4.83. The number of hydrogen-bond donors (Lipinski definition) is 1. The molecule has 4 heteroatoms. The molecule has 1 fully saturated rings. The molecular formula is C14H21N3O. The first kappa shape index (κ1) is 12.9. The molecule has 0 aliphatic carbocycles. The molecular weight excluding hydrogens is 226 g/mol. The van der Waals surface area contributed by atoms with Gasteiger partial charge in [-0.25, -0.2) is 0 Å². The Balaban J connectivity index is 2.11. The van der Waals surface area contributed by atoms with Crippen LogP contribution in [0.15, 0.2) is 24.3 Å². The third-order valence-corrected chi connectivity index (χ3v) is 3.67. The van der Waals surface area contributed by atoms with Gasteiger partial charge in [-0.1, -0.05) is 25.1 Å². The fourth-order valence-electron chi connectivity index (χ4n) is 2.48. The summed E-state index contributed by atoms with van der Waals surface area (Å²) in [6.07, 6.45) is 0.913. The van der Waals surface area contributed by atoms with Gasteiger partial charge in [-0.05, 0) is 24.6 Å². The number of nitrogen functional groups attached to an aromatic ring is 1. The smallest absolute Gasteiger partial charge is 0.239 e. The highest BCUT2D eigenvalue weighted by Gasteiger charge is 2.33. The van der Waals surface area contributed by atoms with Gasteiger partial charge >= 0.3 is 0 Å². The number of nitrogens with two attached hydrogens (primary N) is 1. The van der Waals surface area contributed by atoms with E-state index >= 15 is 0 Å². The summed E-state index contributed by atoms with van der Waals surface area (Å²) in [6.45, 7) is 4.54. The highest BCUT2D eigenvalue weighted by Crippen LogP contribution is 2.20. The van der Waals surface area contributed by atoms with Crippen LogP contribution < -0.4 is 5.73 Å². The maximum absolute atomic E-state index is 12.0. The molecule has 1 aliphatic rings. The minimum Gasteiger partial charge on any atom is -0.398 e. The van der Waals surface area contributed by atoms with Gasteiger partial charge in [0.2, 0.25) is 5.91 Å². The summed E-state index contributed by atoms with van der Waals surface area (Å²) >= 11 is 0. The molecule has 0 radical (unpaired) electrons. The van der Waals surface area contributed by atoms with Crippen LogP contribution in [0.2, 0.25) is 0 Å². The van der Waals surface area contributed by atoms with Gasteiger partial charge in [-0.15, -0.1) is 0 Å². The van der Waals surface area contributed by atoms with E-state index in [-0.39, 0.29) is 11.9 Å². The molecule has 2 rings (SSSR count). The van der Waals surface area contributed by atoms with E-state index in [1.807, 2.05) is 36.2 Å². The predicted molar refractivity (Wildman–Crippen MR) is 73.0 cm³/mol. The Morgan fingerprint density at radius 3 is 2.72 bits per heavy atom. The van der Waals surface area contributed by atoms with Gasteiger partial charge in [0.1, 0.15) is 0 Å². The molecule has 0 aromatic heterocycles. The highest BCUT2D eigenvalue weighted by atomic mass is 16.2. The maximum atomic E-state index is 12.0. The molecule has 18 heavy (non-hydrogen) atoms. The van der Waals surface area contributed by atoms with Gasteiger partial charge in [0.15, 0.2) is 0 Å². The molecule has 1 heterocycles. The monoisotopic (exact) mass is 247 g/mol. The second kappa shape index (κ2) is 5.40. The molecule has 1 amide bonds. The fourth-order valence-corrected chi connectivity index (χ4v) is 2.48. The number of likely N-dealkylation sites (N-methyl/N-ethyl adjacent to an activating group) is 2. The summed E-state index contributed by atoms with van der Waals surface area (Å²) < 4.78 is 0. The number of hydrogen-bond acceptors (Lipinski definition) is 3. The Hall–Kier alpha value is -1.55. The zero-order valence-corrected chi connectivity index (χ0v) is 11.1. The lowest BCUT2D eigenvalue weighted by atomic mass is 10.1. The summed E-state index contributed by atoms with van der Waals surface area (Å²) in [5, 5.41) is 0. The number of rotatable bonds is 4. The number of anilines is 1. The topological polar surface area (TPSA) is 49.6 Å². The molecule has 1 aromatic carbocycles. The van der Waals surface area contributed by atoms with E-state index in [1.165, 1.54) is 0 Å². The van der Waals surface area contributed by atoms with Crippen molar-refractivity contribution in [3.63, 3.8) is 0 Å². The molecule has 1 aliphatic heterocycles. The summed E-state index contributed by atoms with van der Waals surface area (Å²) in [6, 6.07) is 7.87. The van der Waals surface area contributed by atoms with Crippen molar-refractivity contribution < 1.29 is 4.79 Å². The normalized spacial score (nSPS) is 19.8. The van der Waals surface area contributed by atoms with Crippen molar-refractivity contribution in [1.82, 2.24) is 9.80 Å². The number of amides is 1. The molecule has 1 saturated heterocycles. The van der Waals surface area contributed by atoms with Gasteiger partial charge in [0, 0.05) is 25.8 Å². The van der Waals surface area contributed by atoms with E-state index in [0.29, 0.717) is 0 Å². The third-order valence-electron chi connectivity index (χ3n) is 3.67. The van der Waals surface area contributed by atoms with Crippen LogP contribution in [0.25, 0.3) is 0 Å². The first-order valence-electron chi connectivity index (χ1n) is 6.46. The molecule has 1 aromatic rings. The van der Waals surface area contributed by atoms with Crippen LogP contribution >= 0.6 is 0 Å². The average Bonchev–Trinajstić information content (AvgIpc) is 2.70. The van der Waals surface area contributed by atoms with Crippen LogP contribution in [0, 0.1) is 0 Å². The van der Waals surface area contributed by atoms with Gasteiger partial charge in [0.25, 0.3) is 0 Å². The summed E-state index contributed by atoms with van der Waals surface area (Å²) in [5.41, 5.74) is 7.86. The van der Waals surface area contributed by atoms with Crippen molar-refractivity contribution >= 4 is 11.6 Å². The lowest BCUT2D eigenvalue weighted by Gasteiger charge is -2.26. The van der Waals surface area contributed by atoms with Crippen molar-refractivity contribution in [3.05, 3.63) is 29.8 Å². The quantitative estimate of drug-likeness (QED) is 0.816. The number of carbonyl (C=O) groups excluding carboxylic acids is 1. The van der Waals surface area contributed by atoms with Crippen molar-refractivity contribution in [2.24, 2.45) is 0 Å².